The molecule has 0 spiro atoms. The summed E-state index contributed by atoms with van der Waals surface area (Å²) in [7, 11) is 1.61. The first kappa shape index (κ1) is 24.6. The van der Waals surface area contributed by atoms with Crippen LogP contribution < -0.4 is 10.6 Å². The third kappa shape index (κ3) is 5.85. The molecule has 0 aromatic heterocycles. The molecule has 0 aliphatic carbocycles. The lowest BCUT2D eigenvalue weighted by Crippen LogP contribution is -2.53. The van der Waals surface area contributed by atoms with E-state index in [1.807, 2.05) is 4.90 Å². The van der Waals surface area contributed by atoms with Crippen LogP contribution in [0.3, 0.4) is 0 Å². The molecule has 1 aromatic rings. The molecule has 3 rings (SSSR count). The fraction of sp³-hybridized carbons (Fsp3) is 0.545. The van der Waals surface area contributed by atoms with Gasteiger partial charge in [-0.2, -0.15) is 0 Å². The molecule has 2 heterocycles. The van der Waals surface area contributed by atoms with Crippen LogP contribution in [0.5, 0.6) is 0 Å². The van der Waals surface area contributed by atoms with Crippen LogP contribution in [-0.4, -0.2) is 98.0 Å². The van der Waals surface area contributed by atoms with E-state index in [0.717, 1.165) is 11.3 Å². The summed E-state index contributed by atoms with van der Waals surface area (Å²) < 4.78 is 18.2. The van der Waals surface area contributed by atoms with Crippen LogP contribution in [0.2, 0.25) is 0 Å². The molecule has 2 N–H and O–H groups in total. The molecular formula is C22H30FN5O5. The maximum atomic E-state index is 13.2. The monoisotopic (exact) mass is 463 g/mol. The van der Waals surface area contributed by atoms with Crippen LogP contribution in [0.1, 0.15) is 18.9 Å². The zero-order valence-electron chi connectivity index (χ0n) is 18.9. The first-order valence-corrected chi connectivity index (χ1v) is 10.9. The van der Waals surface area contributed by atoms with Crippen molar-refractivity contribution in [3.05, 3.63) is 35.6 Å². The fourth-order valence-electron chi connectivity index (χ4n) is 3.91. The Morgan fingerprint density at radius 3 is 2.42 bits per heavy atom. The van der Waals surface area contributed by atoms with Gasteiger partial charge >= 0.3 is 6.03 Å². The maximum absolute atomic E-state index is 13.2. The minimum atomic E-state index is -1.36. The number of hydrogen-bond acceptors (Lipinski definition) is 6. The number of ether oxygens (including phenoxy) is 1. The first-order valence-electron chi connectivity index (χ1n) is 10.9. The smallest absolute Gasteiger partial charge is 0.325 e. The van der Waals surface area contributed by atoms with Crippen molar-refractivity contribution in [3.8, 4) is 0 Å². The molecule has 2 fully saturated rings. The highest BCUT2D eigenvalue weighted by atomic mass is 19.1. The number of methoxy groups -OCH3 is 1. The molecule has 1 unspecified atom stereocenters. The number of hydrogen-bond donors (Lipinski definition) is 2. The van der Waals surface area contributed by atoms with Crippen molar-refractivity contribution in [2.24, 2.45) is 0 Å². The minimum Gasteiger partial charge on any atom is -0.385 e. The van der Waals surface area contributed by atoms with Crippen LogP contribution in [0.4, 0.5) is 9.18 Å². The Hall–Kier alpha value is -3.05. The van der Waals surface area contributed by atoms with E-state index in [-0.39, 0.29) is 24.9 Å². The number of carbonyl (C=O) groups is 4. The van der Waals surface area contributed by atoms with Gasteiger partial charge in [-0.25, -0.2) is 9.18 Å². The lowest BCUT2D eigenvalue weighted by atomic mass is 9.92. The van der Waals surface area contributed by atoms with Crippen molar-refractivity contribution in [2.45, 2.75) is 18.9 Å². The molecule has 2 aliphatic rings. The van der Waals surface area contributed by atoms with Crippen LogP contribution in [0.15, 0.2) is 24.3 Å². The van der Waals surface area contributed by atoms with Crippen molar-refractivity contribution in [1.82, 2.24) is 25.3 Å². The van der Waals surface area contributed by atoms with E-state index in [9.17, 15) is 23.6 Å². The van der Waals surface area contributed by atoms with Crippen molar-refractivity contribution < 1.29 is 28.3 Å². The van der Waals surface area contributed by atoms with E-state index in [4.69, 9.17) is 4.74 Å². The summed E-state index contributed by atoms with van der Waals surface area (Å²) in [5.41, 5.74) is -0.924. The number of piperazine rings is 1. The third-order valence-electron chi connectivity index (χ3n) is 5.93. The standard InChI is InChI=1S/C22H30FN5O5/c1-22(16-4-6-17(23)7-5-16)20(31)28(21(32)25-22)15-19(30)27-11-9-26(10-12-27)14-18(29)24-8-3-13-33-2/h4-7H,3,8-15H2,1-2H3,(H,24,29)(H,25,32). The predicted octanol–water partition coefficient (Wildman–Crippen LogP) is -0.110. The number of halogens is 1. The van der Waals surface area contributed by atoms with Gasteiger partial charge in [0.2, 0.25) is 11.8 Å². The molecule has 2 saturated heterocycles. The van der Waals surface area contributed by atoms with Crippen molar-refractivity contribution in [1.29, 1.82) is 0 Å². The lowest BCUT2D eigenvalue weighted by molar-refractivity contribution is -0.140. The van der Waals surface area contributed by atoms with Gasteiger partial charge in [0.1, 0.15) is 17.9 Å². The molecule has 180 valence electrons. The summed E-state index contributed by atoms with van der Waals surface area (Å²) in [5, 5.41) is 5.44. The number of nitrogens with zero attached hydrogens (tertiary/aromatic N) is 3. The summed E-state index contributed by atoms with van der Waals surface area (Å²) in [6, 6.07) is 4.64. The van der Waals surface area contributed by atoms with Gasteiger partial charge < -0.3 is 20.3 Å². The maximum Gasteiger partial charge on any atom is 0.325 e. The van der Waals surface area contributed by atoms with Crippen LogP contribution in [-0.2, 0) is 24.7 Å². The topological polar surface area (TPSA) is 111 Å². The zero-order chi connectivity index (χ0) is 24.0. The van der Waals surface area contributed by atoms with Crippen LogP contribution >= 0.6 is 0 Å². The molecule has 10 nitrogen and oxygen atoms in total. The Morgan fingerprint density at radius 1 is 1.12 bits per heavy atom. The quantitative estimate of drug-likeness (QED) is 0.391. The summed E-state index contributed by atoms with van der Waals surface area (Å²) in [6.07, 6.45) is 0.744. The summed E-state index contributed by atoms with van der Waals surface area (Å²) in [4.78, 5) is 54.6. The highest BCUT2D eigenvalue weighted by Crippen LogP contribution is 2.29. The number of rotatable bonds is 9. The molecule has 33 heavy (non-hydrogen) atoms. The van der Waals surface area contributed by atoms with E-state index in [1.165, 1.54) is 31.2 Å². The molecule has 0 bridgehead atoms. The summed E-state index contributed by atoms with van der Waals surface area (Å²) in [6.45, 7) is 4.37. The first-order chi connectivity index (χ1) is 15.7. The van der Waals surface area contributed by atoms with Gasteiger partial charge in [-0.1, -0.05) is 12.1 Å². The number of nitrogens with one attached hydrogen (secondary N) is 2. The van der Waals surface area contributed by atoms with Gasteiger partial charge in [0.15, 0.2) is 0 Å². The minimum absolute atomic E-state index is 0.0784. The highest BCUT2D eigenvalue weighted by Gasteiger charge is 2.49. The van der Waals surface area contributed by atoms with Gasteiger partial charge in [-0.3, -0.25) is 24.2 Å². The number of carbonyl (C=O) groups excluding carboxylic acids is 4. The van der Waals surface area contributed by atoms with Gasteiger partial charge in [0.25, 0.3) is 5.91 Å². The van der Waals surface area contributed by atoms with Gasteiger partial charge in [0.05, 0.1) is 6.54 Å². The number of imide groups is 1. The summed E-state index contributed by atoms with van der Waals surface area (Å²) in [5.74, 6) is -1.43. The predicted molar refractivity (Wildman–Crippen MR) is 117 cm³/mol. The van der Waals surface area contributed by atoms with Gasteiger partial charge in [-0.05, 0) is 31.0 Å². The van der Waals surface area contributed by atoms with Crippen molar-refractivity contribution >= 4 is 23.8 Å². The normalized spacial score (nSPS) is 21.3. The fourth-order valence-corrected chi connectivity index (χ4v) is 3.91. The van der Waals surface area contributed by atoms with E-state index >= 15 is 0 Å². The molecule has 5 amide bonds. The van der Waals surface area contributed by atoms with Crippen molar-refractivity contribution in [2.75, 3.05) is 59.5 Å². The second-order valence-electron chi connectivity index (χ2n) is 8.31. The van der Waals surface area contributed by atoms with Crippen LogP contribution in [0.25, 0.3) is 0 Å². The van der Waals surface area contributed by atoms with Gasteiger partial charge in [0, 0.05) is 46.4 Å². The Kier molecular flexibility index (Phi) is 7.98. The average molecular weight is 464 g/mol. The molecule has 0 saturated carbocycles. The molecule has 1 atom stereocenters. The summed E-state index contributed by atoms with van der Waals surface area (Å²) >= 11 is 0. The van der Waals surface area contributed by atoms with Crippen molar-refractivity contribution in [3.63, 3.8) is 0 Å². The number of amides is 5. The van der Waals surface area contributed by atoms with E-state index in [0.29, 0.717) is 44.9 Å². The van der Waals surface area contributed by atoms with Gasteiger partial charge in [-0.15, -0.1) is 0 Å². The van der Waals surface area contributed by atoms with Crippen LogP contribution in [0, 0.1) is 5.82 Å². The lowest BCUT2D eigenvalue weighted by Gasteiger charge is -2.34. The Labute approximate surface area is 192 Å². The average Bonchev–Trinajstić information content (AvgIpc) is 3.01. The number of benzene rings is 1. The molecule has 2 aliphatic heterocycles. The Morgan fingerprint density at radius 2 is 1.79 bits per heavy atom. The van der Waals surface area contributed by atoms with E-state index in [2.05, 4.69) is 10.6 Å². The highest BCUT2D eigenvalue weighted by molar-refractivity contribution is 6.09. The van der Waals surface area contributed by atoms with E-state index in [1.54, 1.807) is 12.0 Å². The third-order valence-corrected chi connectivity index (χ3v) is 5.93. The second-order valence-corrected chi connectivity index (χ2v) is 8.31. The Balaban J connectivity index is 1.49. The molecular weight excluding hydrogens is 433 g/mol. The number of urea groups is 1. The Bertz CT molecular complexity index is 888. The molecule has 0 radical (unpaired) electrons. The SMILES string of the molecule is COCCCNC(=O)CN1CCN(C(=O)CN2C(=O)NC(C)(c3ccc(F)cc3)C2=O)CC1. The molecule has 1 aromatic carbocycles. The molecule has 11 heteroatoms. The zero-order valence-corrected chi connectivity index (χ0v) is 18.9. The van der Waals surface area contributed by atoms with E-state index < -0.39 is 23.3 Å². The second kappa shape index (κ2) is 10.7. The largest absolute Gasteiger partial charge is 0.385 e.